The van der Waals surface area contributed by atoms with Crippen LogP contribution in [0, 0.1) is 10.1 Å². The molecule has 2 aromatic carbocycles. The summed E-state index contributed by atoms with van der Waals surface area (Å²) in [5.41, 5.74) is 1.28. The van der Waals surface area contributed by atoms with Crippen molar-refractivity contribution in [2.45, 2.75) is 11.9 Å². The number of carbonyl (C=O) groups excluding carboxylic acids is 2. The van der Waals surface area contributed by atoms with Crippen LogP contribution in [0.3, 0.4) is 0 Å². The van der Waals surface area contributed by atoms with E-state index in [1.807, 2.05) is 0 Å². The average Bonchev–Trinajstić information content (AvgIpc) is 2.85. The van der Waals surface area contributed by atoms with Gasteiger partial charge in [-0.1, -0.05) is 23.7 Å². The highest BCUT2D eigenvalue weighted by Gasteiger charge is 2.39. The van der Waals surface area contributed by atoms with E-state index in [1.54, 1.807) is 24.3 Å². The van der Waals surface area contributed by atoms with E-state index < -0.39 is 10.3 Å². The molecule has 3 rings (SSSR count). The Morgan fingerprint density at radius 2 is 1.76 bits per heavy atom. The minimum absolute atomic E-state index is 0.0421. The van der Waals surface area contributed by atoms with E-state index >= 15 is 0 Å². The predicted octanol–water partition coefficient (Wildman–Crippen LogP) is 3.88. The molecule has 1 fully saturated rings. The van der Waals surface area contributed by atoms with Gasteiger partial charge in [-0.05, 0) is 41.6 Å². The maximum atomic E-state index is 12.5. The molecule has 1 saturated heterocycles. The Labute approximate surface area is 152 Å². The van der Waals surface area contributed by atoms with Crippen LogP contribution >= 0.6 is 23.4 Å². The van der Waals surface area contributed by atoms with Crippen molar-refractivity contribution in [3.63, 3.8) is 0 Å². The molecule has 1 N–H and O–H groups in total. The van der Waals surface area contributed by atoms with Crippen LogP contribution in [0.1, 0.15) is 5.56 Å². The number of nitro benzene ring substituents is 1. The van der Waals surface area contributed by atoms with Crippen LogP contribution in [0.25, 0.3) is 0 Å². The predicted molar refractivity (Wildman–Crippen MR) is 95.5 cm³/mol. The molecular formula is C16H12ClN3O4S. The highest BCUT2D eigenvalue weighted by molar-refractivity contribution is 8.15. The van der Waals surface area contributed by atoms with Crippen molar-refractivity contribution in [2.24, 2.45) is 0 Å². The Morgan fingerprint density at radius 3 is 2.36 bits per heavy atom. The van der Waals surface area contributed by atoms with Gasteiger partial charge in [0.25, 0.3) is 16.8 Å². The standard InChI is InChI=1S/C16H12ClN3O4S/c17-11-3-5-12(6-4-11)18-14-15(21)19(16(22)25-14)9-10-1-7-13(8-2-10)20(23)24/h1-8,14,18H,9H2. The van der Waals surface area contributed by atoms with Gasteiger partial charge in [0.1, 0.15) is 0 Å². The van der Waals surface area contributed by atoms with Crippen LogP contribution in [0.2, 0.25) is 5.02 Å². The molecule has 25 heavy (non-hydrogen) atoms. The zero-order valence-electron chi connectivity index (χ0n) is 12.7. The molecule has 0 aliphatic carbocycles. The highest BCUT2D eigenvalue weighted by atomic mass is 35.5. The zero-order valence-corrected chi connectivity index (χ0v) is 14.3. The normalized spacial score (nSPS) is 17.0. The Morgan fingerprint density at radius 1 is 1.12 bits per heavy atom. The van der Waals surface area contributed by atoms with Crippen LogP contribution in [0.15, 0.2) is 48.5 Å². The fraction of sp³-hybridized carbons (Fsp3) is 0.125. The van der Waals surface area contributed by atoms with Crippen molar-refractivity contribution >= 4 is 45.9 Å². The SMILES string of the molecule is O=C1SC(Nc2ccc(Cl)cc2)C(=O)N1Cc1ccc([N+](=O)[O-])cc1. The van der Waals surface area contributed by atoms with Crippen molar-refractivity contribution in [1.29, 1.82) is 0 Å². The van der Waals surface area contributed by atoms with Crippen LogP contribution in [-0.4, -0.2) is 26.3 Å². The number of nitrogens with zero attached hydrogens (tertiary/aromatic N) is 2. The molecule has 0 spiro atoms. The van der Waals surface area contributed by atoms with Crippen molar-refractivity contribution in [3.8, 4) is 0 Å². The molecule has 128 valence electrons. The van der Waals surface area contributed by atoms with Crippen molar-refractivity contribution in [1.82, 2.24) is 4.90 Å². The lowest BCUT2D eigenvalue weighted by Gasteiger charge is -2.15. The summed E-state index contributed by atoms with van der Waals surface area (Å²) in [7, 11) is 0. The molecule has 2 aromatic rings. The zero-order chi connectivity index (χ0) is 18.0. The number of nitrogens with one attached hydrogen (secondary N) is 1. The second-order valence-electron chi connectivity index (χ2n) is 5.26. The van der Waals surface area contributed by atoms with E-state index in [2.05, 4.69) is 5.32 Å². The first-order valence-corrected chi connectivity index (χ1v) is 8.47. The molecule has 0 bridgehead atoms. The summed E-state index contributed by atoms with van der Waals surface area (Å²) in [4.78, 5) is 35.9. The number of hydrogen-bond donors (Lipinski definition) is 1. The van der Waals surface area contributed by atoms with Crippen molar-refractivity contribution < 1.29 is 14.5 Å². The van der Waals surface area contributed by atoms with E-state index in [-0.39, 0.29) is 23.4 Å². The second kappa shape index (κ2) is 7.12. The van der Waals surface area contributed by atoms with Gasteiger partial charge in [0.15, 0.2) is 5.37 Å². The number of carbonyl (C=O) groups is 2. The molecule has 9 heteroatoms. The maximum absolute atomic E-state index is 12.5. The van der Waals surface area contributed by atoms with E-state index in [1.165, 1.54) is 24.3 Å². The van der Waals surface area contributed by atoms with Gasteiger partial charge in [-0.2, -0.15) is 0 Å². The van der Waals surface area contributed by atoms with Gasteiger partial charge in [0.2, 0.25) is 0 Å². The lowest BCUT2D eigenvalue weighted by Crippen LogP contribution is -2.33. The quantitative estimate of drug-likeness (QED) is 0.627. The number of rotatable bonds is 5. The third kappa shape index (κ3) is 3.92. The summed E-state index contributed by atoms with van der Waals surface area (Å²) in [5, 5.41) is 13.2. The summed E-state index contributed by atoms with van der Waals surface area (Å²) in [6, 6.07) is 12.6. The Bertz CT molecular complexity index is 826. The molecule has 1 aliphatic rings. The Hall–Kier alpha value is -2.58. The van der Waals surface area contributed by atoms with Gasteiger partial charge < -0.3 is 5.32 Å². The first-order chi connectivity index (χ1) is 11.9. The summed E-state index contributed by atoms with van der Waals surface area (Å²) < 4.78 is 0. The van der Waals surface area contributed by atoms with E-state index in [9.17, 15) is 19.7 Å². The number of imide groups is 1. The Kier molecular flexibility index (Phi) is 4.91. The van der Waals surface area contributed by atoms with E-state index in [0.29, 0.717) is 16.3 Å². The van der Waals surface area contributed by atoms with Gasteiger partial charge in [-0.3, -0.25) is 24.6 Å². The number of anilines is 1. The molecule has 2 amide bonds. The molecule has 1 atom stereocenters. The number of nitro groups is 1. The molecule has 1 heterocycles. The van der Waals surface area contributed by atoms with Crippen molar-refractivity contribution in [2.75, 3.05) is 5.32 Å². The first-order valence-electron chi connectivity index (χ1n) is 7.21. The lowest BCUT2D eigenvalue weighted by atomic mass is 10.2. The molecule has 7 nitrogen and oxygen atoms in total. The van der Waals surface area contributed by atoms with Crippen LogP contribution < -0.4 is 5.32 Å². The van der Waals surface area contributed by atoms with E-state index in [0.717, 1.165) is 16.7 Å². The van der Waals surface area contributed by atoms with Gasteiger partial charge in [-0.25, -0.2) is 0 Å². The molecule has 0 aromatic heterocycles. The minimum atomic E-state index is -0.716. The third-order valence-electron chi connectivity index (χ3n) is 3.56. The summed E-state index contributed by atoms with van der Waals surface area (Å²) in [6.45, 7) is 0.0709. The molecule has 1 unspecified atom stereocenters. The summed E-state index contributed by atoms with van der Waals surface area (Å²) in [5.74, 6) is -0.358. The molecule has 0 saturated carbocycles. The number of amides is 2. The number of halogens is 1. The van der Waals surface area contributed by atoms with Crippen molar-refractivity contribution in [3.05, 3.63) is 69.2 Å². The number of hydrogen-bond acceptors (Lipinski definition) is 6. The number of non-ortho nitro benzene ring substituents is 1. The van der Waals surface area contributed by atoms with Crippen LogP contribution in [0.5, 0.6) is 0 Å². The van der Waals surface area contributed by atoms with Gasteiger partial charge in [-0.15, -0.1) is 0 Å². The second-order valence-corrected chi connectivity index (χ2v) is 6.76. The van der Waals surface area contributed by atoms with Gasteiger partial charge >= 0.3 is 0 Å². The minimum Gasteiger partial charge on any atom is -0.365 e. The van der Waals surface area contributed by atoms with Gasteiger partial charge in [0, 0.05) is 22.8 Å². The highest BCUT2D eigenvalue weighted by Crippen LogP contribution is 2.30. The maximum Gasteiger partial charge on any atom is 0.291 e. The van der Waals surface area contributed by atoms with Crippen LogP contribution in [-0.2, 0) is 11.3 Å². The number of benzene rings is 2. The average molecular weight is 378 g/mol. The largest absolute Gasteiger partial charge is 0.365 e. The molecular weight excluding hydrogens is 366 g/mol. The fourth-order valence-corrected chi connectivity index (χ4v) is 3.32. The Balaban J connectivity index is 1.68. The van der Waals surface area contributed by atoms with Crippen LogP contribution in [0.4, 0.5) is 16.2 Å². The molecule has 0 radical (unpaired) electrons. The lowest BCUT2D eigenvalue weighted by molar-refractivity contribution is -0.384. The van der Waals surface area contributed by atoms with Gasteiger partial charge in [0.05, 0.1) is 11.5 Å². The smallest absolute Gasteiger partial charge is 0.291 e. The third-order valence-corrected chi connectivity index (χ3v) is 4.79. The fourth-order valence-electron chi connectivity index (χ4n) is 2.28. The van der Waals surface area contributed by atoms with E-state index in [4.69, 9.17) is 11.6 Å². The summed E-state index contributed by atoms with van der Waals surface area (Å²) in [6.07, 6.45) is 0. The topological polar surface area (TPSA) is 92.6 Å². The summed E-state index contributed by atoms with van der Waals surface area (Å²) >= 11 is 6.71. The number of thioether (sulfide) groups is 1. The molecule has 1 aliphatic heterocycles. The monoisotopic (exact) mass is 377 g/mol. The first kappa shape index (κ1) is 17.2.